The first kappa shape index (κ1) is 14.7. The van der Waals surface area contributed by atoms with Crippen LogP contribution in [0.3, 0.4) is 0 Å². The van der Waals surface area contributed by atoms with Gasteiger partial charge in [-0.3, -0.25) is 10.1 Å². The molecule has 0 N–H and O–H groups in total. The third kappa shape index (κ3) is 3.67. The molecule has 3 nitrogen and oxygen atoms in total. The van der Waals surface area contributed by atoms with Crippen molar-refractivity contribution in [1.29, 1.82) is 0 Å². The average molecular weight is 334 g/mol. The van der Waals surface area contributed by atoms with Gasteiger partial charge in [-0.15, -0.1) is 0 Å². The highest BCUT2D eigenvalue weighted by atomic mass is 79.9. The monoisotopic (exact) mass is 333 g/mol. The molecule has 2 rings (SSSR count). The maximum Gasteiger partial charge on any atom is 0.269 e. The molecule has 1 atom stereocenters. The highest BCUT2D eigenvalue weighted by molar-refractivity contribution is 9.09. The van der Waals surface area contributed by atoms with E-state index in [0.29, 0.717) is 0 Å². The van der Waals surface area contributed by atoms with Gasteiger partial charge in [-0.1, -0.05) is 57.4 Å². The largest absolute Gasteiger partial charge is 0.269 e. The van der Waals surface area contributed by atoms with E-state index < -0.39 is 0 Å². The zero-order valence-electron chi connectivity index (χ0n) is 11.5. The van der Waals surface area contributed by atoms with Gasteiger partial charge in [-0.2, -0.15) is 0 Å². The summed E-state index contributed by atoms with van der Waals surface area (Å²) in [5.74, 6) is 0. The summed E-state index contributed by atoms with van der Waals surface area (Å²) in [6.45, 7) is 4.17. The Bertz CT molecular complexity index is 603. The molecule has 0 aliphatic rings. The first-order valence-electron chi connectivity index (χ1n) is 6.41. The average Bonchev–Trinajstić information content (AvgIpc) is 2.38. The van der Waals surface area contributed by atoms with Crippen LogP contribution in [-0.4, -0.2) is 4.92 Å². The topological polar surface area (TPSA) is 43.1 Å². The summed E-state index contributed by atoms with van der Waals surface area (Å²) in [4.78, 5) is 10.5. The van der Waals surface area contributed by atoms with E-state index in [9.17, 15) is 10.1 Å². The van der Waals surface area contributed by atoms with Crippen LogP contribution in [0.2, 0.25) is 0 Å². The molecule has 2 aromatic rings. The van der Waals surface area contributed by atoms with Crippen LogP contribution >= 0.6 is 15.9 Å². The van der Waals surface area contributed by atoms with E-state index in [4.69, 9.17) is 0 Å². The molecule has 0 aliphatic carbocycles. The molecule has 0 saturated heterocycles. The predicted octanol–water partition coefficient (Wildman–Crippen LogP) is 4.89. The third-order valence-corrected chi connectivity index (χ3v) is 4.02. The number of alkyl halides is 1. The normalized spacial score (nSPS) is 12.2. The van der Waals surface area contributed by atoms with E-state index >= 15 is 0 Å². The van der Waals surface area contributed by atoms with Gasteiger partial charge >= 0.3 is 0 Å². The molecule has 20 heavy (non-hydrogen) atoms. The highest BCUT2D eigenvalue weighted by Crippen LogP contribution is 2.29. The Hall–Kier alpha value is -1.68. The maximum absolute atomic E-state index is 10.6. The minimum absolute atomic E-state index is 0.131. The number of nitro groups is 1. The zero-order chi connectivity index (χ0) is 14.7. The number of nitrogens with zero attached hydrogens (tertiary/aromatic N) is 1. The molecule has 0 aliphatic heterocycles. The maximum atomic E-state index is 10.6. The minimum atomic E-state index is -0.376. The molecule has 0 spiro atoms. The fourth-order valence-corrected chi connectivity index (χ4v) is 2.91. The first-order chi connectivity index (χ1) is 9.45. The molecule has 0 saturated carbocycles. The number of benzene rings is 2. The Morgan fingerprint density at radius 1 is 1.10 bits per heavy atom. The van der Waals surface area contributed by atoms with E-state index in [2.05, 4.69) is 48.0 Å². The van der Waals surface area contributed by atoms with Gasteiger partial charge in [0, 0.05) is 17.0 Å². The summed E-state index contributed by atoms with van der Waals surface area (Å²) >= 11 is 3.70. The van der Waals surface area contributed by atoms with E-state index in [1.807, 2.05) is 12.1 Å². The number of halogens is 1. The molecule has 0 fully saturated rings. The minimum Gasteiger partial charge on any atom is -0.258 e. The van der Waals surface area contributed by atoms with Gasteiger partial charge in [0.05, 0.1) is 4.92 Å². The fourth-order valence-electron chi connectivity index (χ4n) is 2.27. The van der Waals surface area contributed by atoms with Crippen LogP contribution in [0.4, 0.5) is 5.69 Å². The molecule has 0 heterocycles. The van der Waals surface area contributed by atoms with E-state index in [1.165, 1.54) is 16.7 Å². The Kier molecular flexibility index (Phi) is 4.55. The highest BCUT2D eigenvalue weighted by Gasteiger charge is 2.11. The van der Waals surface area contributed by atoms with E-state index in [1.54, 1.807) is 12.1 Å². The van der Waals surface area contributed by atoms with Crippen LogP contribution in [0.5, 0.6) is 0 Å². The molecule has 0 amide bonds. The first-order valence-corrected chi connectivity index (χ1v) is 7.33. The number of aryl methyl sites for hydroxylation is 2. The second-order valence-corrected chi connectivity index (χ2v) is 6.12. The lowest BCUT2D eigenvalue weighted by Crippen LogP contribution is -1.97. The van der Waals surface area contributed by atoms with Crippen LogP contribution < -0.4 is 0 Å². The Balaban J connectivity index is 2.14. The van der Waals surface area contributed by atoms with E-state index in [0.717, 1.165) is 12.0 Å². The van der Waals surface area contributed by atoms with Crippen molar-refractivity contribution in [3.8, 4) is 0 Å². The van der Waals surface area contributed by atoms with Crippen molar-refractivity contribution >= 4 is 21.6 Å². The lowest BCUT2D eigenvalue weighted by atomic mass is 10.0. The lowest BCUT2D eigenvalue weighted by Gasteiger charge is -2.12. The molecular weight excluding hydrogens is 318 g/mol. The standard InChI is InChI=1S/C16H16BrNO2/c1-11-7-12(2)9-14(8-11)16(17)10-13-3-5-15(6-4-13)18(19)20/h3-9,16H,10H2,1-2H3. The van der Waals surface area contributed by atoms with Crippen molar-refractivity contribution in [2.75, 3.05) is 0 Å². The summed E-state index contributed by atoms with van der Waals surface area (Å²) in [6, 6.07) is 13.2. The zero-order valence-corrected chi connectivity index (χ0v) is 13.1. The second-order valence-electron chi connectivity index (χ2n) is 5.02. The van der Waals surface area contributed by atoms with Crippen LogP contribution in [0, 0.1) is 24.0 Å². The van der Waals surface area contributed by atoms with Gasteiger partial charge in [-0.05, 0) is 31.4 Å². The second kappa shape index (κ2) is 6.18. The number of hydrogen-bond acceptors (Lipinski definition) is 2. The third-order valence-electron chi connectivity index (χ3n) is 3.17. The molecule has 0 bridgehead atoms. The summed E-state index contributed by atoms with van der Waals surface area (Å²) < 4.78 is 0. The van der Waals surface area contributed by atoms with Gasteiger partial charge in [0.1, 0.15) is 0 Å². The molecule has 104 valence electrons. The van der Waals surface area contributed by atoms with Crippen molar-refractivity contribution < 1.29 is 4.92 Å². The van der Waals surface area contributed by atoms with Crippen LogP contribution in [0.15, 0.2) is 42.5 Å². The number of rotatable bonds is 4. The summed E-state index contributed by atoms with van der Waals surface area (Å²) in [5, 5.41) is 10.6. The summed E-state index contributed by atoms with van der Waals surface area (Å²) in [6.07, 6.45) is 0.806. The SMILES string of the molecule is Cc1cc(C)cc(C(Br)Cc2ccc([N+](=O)[O-])cc2)c1. The number of non-ortho nitro benzene ring substituents is 1. The number of nitro benzene ring substituents is 1. The Morgan fingerprint density at radius 2 is 1.65 bits per heavy atom. The van der Waals surface area contributed by atoms with Crippen molar-refractivity contribution in [2.45, 2.75) is 25.1 Å². The van der Waals surface area contributed by atoms with Crippen LogP contribution in [0.25, 0.3) is 0 Å². The summed E-state index contributed by atoms with van der Waals surface area (Å²) in [7, 11) is 0. The number of hydrogen-bond donors (Lipinski definition) is 0. The van der Waals surface area contributed by atoms with Gasteiger partial charge in [0.15, 0.2) is 0 Å². The molecule has 1 unspecified atom stereocenters. The smallest absolute Gasteiger partial charge is 0.258 e. The van der Waals surface area contributed by atoms with Crippen molar-refractivity contribution in [3.63, 3.8) is 0 Å². The fraction of sp³-hybridized carbons (Fsp3) is 0.250. The molecular formula is C16H16BrNO2. The Labute approximate surface area is 126 Å². The summed E-state index contributed by atoms with van der Waals surface area (Å²) in [5.41, 5.74) is 4.94. The van der Waals surface area contributed by atoms with Gasteiger partial charge in [-0.25, -0.2) is 0 Å². The van der Waals surface area contributed by atoms with E-state index in [-0.39, 0.29) is 15.4 Å². The van der Waals surface area contributed by atoms with Crippen molar-refractivity contribution in [1.82, 2.24) is 0 Å². The van der Waals surface area contributed by atoms with Crippen molar-refractivity contribution in [3.05, 3.63) is 74.8 Å². The molecule has 2 aromatic carbocycles. The predicted molar refractivity (Wildman–Crippen MR) is 84.4 cm³/mol. The van der Waals surface area contributed by atoms with Gasteiger partial charge < -0.3 is 0 Å². The van der Waals surface area contributed by atoms with Crippen LogP contribution in [0.1, 0.15) is 27.1 Å². The molecule has 0 aromatic heterocycles. The van der Waals surface area contributed by atoms with Crippen molar-refractivity contribution in [2.24, 2.45) is 0 Å². The quantitative estimate of drug-likeness (QED) is 0.454. The molecule has 4 heteroatoms. The van der Waals surface area contributed by atoms with Gasteiger partial charge in [0.2, 0.25) is 0 Å². The van der Waals surface area contributed by atoms with Gasteiger partial charge in [0.25, 0.3) is 5.69 Å². The lowest BCUT2D eigenvalue weighted by molar-refractivity contribution is -0.384. The Morgan fingerprint density at radius 3 is 2.15 bits per heavy atom. The molecule has 0 radical (unpaired) electrons. The van der Waals surface area contributed by atoms with Crippen LogP contribution in [-0.2, 0) is 6.42 Å².